The molecule has 2 aliphatic rings. The summed E-state index contributed by atoms with van der Waals surface area (Å²) in [6, 6.07) is 9.37. The van der Waals surface area contributed by atoms with E-state index in [1.807, 2.05) is 30.3 Å². The molecule has 5 heteroatoms. The lowest BCUT2D eigenvalue weighted by molar-refractivity contribution is -0.153. The second-order valence-electron chi connectivity index (χ2n) is 6.76. The van der Waals surface area contributed by atoms with Crippen molar-refractivity contribution >= 4 is 11.9 Å². The molecule has 1 aromatic carbocycles. The molecule has 124 valence electrons. The van der Waals surface area contributed by atoms with Crippen LogP contribution in [0, 0.1) is 17.8 Å². The minimum atomic E-state index is -1.08. The fourth-order valence-electron chi connectivity index (χ4n) is 3.64. The maximum atomic E-state index is 13.1. The van der Waals surface area contributed by atoms with Crippen LogP contribution >= 0.6 is 0 Å². The van der Waals surface area contributed by atoms with Crippen molar-refractivity contribution in [3.63, 3.8) is 0 Å². The van der Waals surface area contributed by atoms with E-state index in [0.717, 1.165) is 18.4 Å². The number of hydrogen-bond donors (Lipinski definition) is 1. The second kappa shape index (κ2) is 5.96. The van der Waals surface area contributed by atoms with Crippen LogP contribution in [0.2, 0.25) is 0 Å². The van der Waals surface area contributed by atoms with Crippen LogP contribution in [-0.4, -0.2) is 42.1 Å². The van der Waals surface area contributed by atoms with E-state index < -0.39 is 17.5 Å². The fourth-order valence-corrected chi connectivity index (χ4v) is 3.64. The number of carbonyl (C=O) groups excluding carboxylic acids is 1. The quantitative estimate of drug-likeness (QED) is 0.903. The molecular formula is C18H23NO4. The van der Waals surface area contributed by atoms with Gasteiger partial charge in [-0.05, 0) is 37.2 Å². The summed E-state index contributed by atoms with van der Waals surface area (Å²) in [5.74, 6) is -0.868. The highest BCUT2D eigenvalue weighted by molar-refractivity contribution is 5.87. The number of carboxylic acid groups (broad SMARTS) is 1. The van der Waals surface area contributed by atoms with Crippen LogP contribution in [0.4, 0.5) is 0 Å². The Labute approximate surface area is 136 Å². The van der Waals surface area contributed by atoms with Gasteiger partial charge in [-0.15, -0.1) is 0 Å². The molecule has 0 bridgehead atoms. The van der Waals surface area contributed by atoms with Crippen LogP contribution in [-0.2, 0) is 19.9 Å². The number of carboxylic acids is 1. The van der Waals surface area contributed by atoms with Crippen molar-refractivity contribution in [3.8, 4) is 0 Å². The standard InChI is InChI=1S/C18H23NO4/c1-18(23-2,13-6-4-3-5-7-13)17(22)19-10-14(12-8-9-12)15(11-19)16(20)21/h3-7,12,14-15H,8-11H2,1-2H3,(H,20,21)/t14-,15+,18?/m1/s1. The van der Waals surface area contributed by atoms with Gasteiger partial charge in [0.15, 0.2) is 5.60 Å². The van der Waals surface area contributed by atoms with Crippen LogP contribution in [0.5, 0.6) is 0 Å². The molecule has 1 amide bonds. The Morgan fingerprint density at radius 3 is 2.39 bits per heavy atom. The number of ether oxygens (including phenoxy) is 1. The largest absolute Gasteiger partial charge is 0.481 e. The highest BCUT2D eigenvalue weighted by Gasteiger charge is 2.50. The maximum absolute atomic E-state index is 13.1. The van der Waals surface area contributed by atoms with Gasteiger partial charge in [0.05, 0.1) is 5.92 Å². The van der Waals surface area contributed by atoms with E-state index >= 15 is 0 Å². The summed E-state index contributed by atoms with van der Waals surface area (Å²) in [6.45, 7) is 2.55. The summed E-state index contributed by atoms with van der Waals surface area (Å²) >= 11 is 0. The molecule has 23 heavy (non-hydrogen) atoms. The summed E-state index contributed by atoms with van der Waals surface area (Å²) in [4.78, 5) is 26.3. The highest BCUT2D eigenvalue weighted by Crippen LogP contribution is 2.45. The Morgan fingerprint density at radius 1 is 1.22 bits per heavy atom. The van der Waals surface area contributed by atoms with E-state index in [9.17, 15) is 14.7 Å². The molecule has 5 nitrogen and oxygen atoms in total. The fraction of sp³-hybridized carbons (Fsp3) is 0.556. The predicted octanol–water partition coefficient (Wildman–Crippen LogP) is 2.12. The molecule has 1 aliphatic carbocycles. The van der Waals surface area contributed by atoms with Gasteiger partial charge in [-0.2, -0.15) is 0 Å². The summed E-state index contributed by atoms with van der Waals surface area (Å²) < 4.78 is 5.57. The highest BCUT2D eigenvalue weighted by atomic mass is 16.5. The first-order chi connectivity index (χ1) is 11.0. The van der Waals surface area contributed by atoms with Crippen LogP contribution < -0.4 is 0 Å². The number of nitrogens with zero attached hydrogens (tertiary/aromatic N) is 1. The first-order valence-corrected chi connectivity index (χ1v) is 8.10. The molecule has 1 aromatic rings. The molecule has 3 rings (SSSR count). The average Bonchev–Trinajstić information content (AvgIpc) is 3.32. The normalized spacial score (nSPS) is 26.8. The van der Waals surface area contributed by atoms with E-state index in [-0.39, 0.29) is 18.4 Å². The van der Waals surface area contributed by atoms with E-state index in [2.05, 4.69) is 0 Å². The molecule has 0 spiro atoms. The summed E-state index contributed by atoms with van der Waals surface area (Å²) in [7, 11) is 1.52. The Balaban J connectivity index is 1.83. The number of amides is 1. The molecule has 3 atom stereocenters. The zero-order valence-electron chi connectivity index (χ0n) is 13.6. The summed E-state index contributed by atoms with van der Waals surface area (Å²) in [5.41, 5.74) is -0.294. The van der Waals surface area contributed by atoms with E-state index in [0.29, 0.717) is 12.5 Å². The minimum absolute atomic E-state index is 0.0772. The first-order valence-electron chi connectivity index (χ1n) is 8.10. The van der Waals surface area contributed by atoms with Gasteiger partial charge in [-0.3, -0.25) is 9.59 Å². The minimum Gasteiger partial charge on any atom is -0.481 e. The van der Waals surface area contributed by atoms with Crippen LogP contribution in [0.15, 0.2) is 30.3 Å². The van der Waals surface area contributed by atoms with Crippen molar-refractivity contribution in [3.05, 3.63) is 35.9 Å². The Kier molecular flexibility index (Phi) is 4.15. The van der Waals surface area contributed by atoms with Crippen molar-refractivity contribution in [1.82, 2.24) is 4.90 Å². The third kappa shape index (κ3) is 2.85. The lowest BCUT2D eigenvalue weighted by Gasteiger charge is -2.32. The monoisotopic (exact) mass is 317 g/mol. The molecule has 1 aliphatic heterocycles. The van der Waals surface area contributed by atoms with Gasteiger partial charge >= 0.3 is 5.97 Å². The zero-order valence-corrected chi connectivity index (χ0v) is 13.6. The predicted molar refractivity (Wildman–Crippen MR) is 84.7 cm³/mol. The molecule has 0 radical (unpaired) electrons. The molecular weight excluding hydrogens is 294 g/mol. The number of carbonyl (C=O) groups is 2. The number of methoxy groups -OCH3 is 1. The smallest absolute Gasteiger partial charge is 0.308 e. The van der Waals surface area contributed by atoms with Crippen molar-refractivity contribution in [2.45, 2.75) is 25.4 Å². The van der Waals surface area contributed by atoms with Gasteiger partial charge < -0.3 is 14.7 Å². The van der Waals surface area contributed by atoms with Crippen molar-refractivity contribution in [2.24, 2.45) is 17.8 Å². The van der Waals surface area contributed by atoms with Crippen molar-refractivity contribution in [1.29, 1.82) is 0 Å². The van der Waals surface area contributed by atoms with Crippen LogP contribution in [0.3, 0.4) is 0 Å². The van der Waals surface area contributed by atoms with E-state index in [1.165, 1.54) is 7.11 Å². The lowest BCUT2D eigenvalue weighted by atomic mass is 9.92. The van der Waals surface area contributed by atoms with E-state index in [1.54, 1.807) is 11.8 Å². The SMILES string of the molecule is COC(C)(C(=O)N1C[C@H](C(=O)O)[C@@H](C2CC2)C1)c1ccccc1. The number of benzene rings is 1. The van der Waals surface area contributed by atoms with Crippen molar-refractivity contribution in [2.75, 3.05) is 20.2 Å². The Bertz CT molecular complexity index is 598. The zero-order chi connectivity index (χ0) is 16.6. The van der Waals surface area contributed by atoms with Crippen molar-refractivity contribution < 1.29 is 19.4 Å². The summed E-state index contributed by atoms with van der Waals surface area (Å²) in [6.07, 6.45) is 2.16. The topological polar surface area (TPSA) is 66.8 Å². The van der Waals surface area contributed by atoms with E-state index in [4.69, 9.17) is 4.74 Å². The maximum Gasteiger partial charge on any atom is 0.308 e. The number of hydrogen-bond acceptors (Lipinski definition) is 3. The van der Waals surface area contributed by atoms with Gasteiger partial charge in [0.1, 0.15) is 0 Å². The lowest BCUT2D eigenvalue weighted by Crippen LogP contribution is -2.45. The average molecular weight is 317 g/mol. The summed E-state index contributed by atoms with van der Waals surface area (Å²) in [5, 5.41) is 9.47. The van der Waals surface area contributed by atoms with Gasteiger partial charge in [0, 0.05) is 20.2 Å². The molecule has 1 N–H and O–H groups in total. The molecule has 0 aromatic heterocycles. The van der Waals surface area contributed by atoms with Gasteiger partial charge in [-0.1, -0.05) is 30.3 Å². The third-order valence-corrected chi connectivity index (χ3v) is 5.34. The van der Waals surface area contributed by atoms with Crippen LogP contribution in [0.25, 0.3) is 0 Å². The second-order valence-corrected chi connectivity index (χ2v) is 6.76. The third-order valence-electron chi connectivity index (χ3n) is 5.34. The van der Waals surface area contributed by atoms with Gasteiger partial charge in [-0.25, -0.2) is 0 Å². The Hall–Kier alpha value is -1.88. The van der Waals surface area contributed by atoms with Gasteiger partial charge in [0.25, 0.3) is 5.91 Å². The molecule has 2 fully saturated rings. The molecule has 1 saturated carbocycles. The number of likely N-dealkylation sites (tertiary alicyclic amines) is 1. The van der Waals surface area contributed by atoms with Gasteiger partial charge in [0.2, 0.25) is 0 Å². The molecule has 1 unspecified atom stereocenters. The molecule has 1 heterocycles. The Morgan fingerprint density at radius 2 is 1.87 bits per heavy atom. The number of rotatable bonds is 5. The first kappa shape index (κ1) is 16.0. The molecule has 1 saturated heterocycles. The number of aliphatic carboxylic acids is 1. The van der Waals surface area contributed by atoms with Crippen LogP contribution in [0.1, 0.15) is 25.3 Å².